The van der Waals surface area contributed by atoms with Gasteiger partial charge in [-0.2, -0.15) is 0 Å². The molecule has 1 aromatic heterocycles. The Bertz CT molecular complexity index is 463. The first-order valence-corrected chi connectivity index (χ1v) is 7.87. The van der Waals surface area contributed by atoms with Crippen molar-refractivity contribution in [2.75, 3.05) is 12.8 Å². The van der Waals surface area contributed by atoms with E-state index in [1.165, 1.54) is 17.6 Å². The van der Waals surface area contributed by atoms with Crippen LogP contribution >= 0.6 is 11.3 Å². The molecule has 16 heavy (non-hydrogen) atoms. The standard InChI is InChI=1S/C10H18N2O2S2/c1-7(16(4,13)14)9-12-8(5-15-9)10(2,3)6-11/h5,7H,6,11H2,1-4H3. The maximum Gasteiger partial charge on any atom is 0.156 e. The Morgan fingerprint density at radius 3 is 2.56 bits per heavy atom. The molecule has 6 heteroatoms. The zero-order chi connectivity index (χ0) is 12.6. The van der Waals surface area contributed by atoms with Gasteiger partial charge in [-0.15, -0.1) is 11.3 Å². The molecule has 0 aliphatic rings. The van der Waals surface area contributed by atoms with E-state index in [4.69, 9.17) is 5.73 Å². The minimum atomic E-state index is -3.08. The third kappa shape index (κ3) is 2.81. The molecule has 92 valence electrons. The van der Waals surface area contributed by atoms with Crippen LogP contribution in [0.3, 0.4) is 0 Å². The molecule has 0 saturated heterocycles. The lowest BCUT2D eigenvalue weighted by molar-refractivity contribution is 0.523. The van der Waals surface area contributed by atoms with Gasteiger partial charge in [0.2, 0.25) is 0 Å². The number of hydrogen-bond donors (Lipinski definition) is 1. The van der Waals surface area contributed by atoms with Gasteiger partial charge in [0.1, 0.15) is 10.3 Å². The molecule has 0 saturated carbocycles. The molecular weight excluding hydrogens is 244 g/mol. The fourth-order valence-electron chi connectivity index (χ4n) is 1.07. The molecule has 0 aliphatic heterocycles. The molecule has 0 amide bonds. The Balaban J connectivity index is 3.05. The van der Waals surface area contributed by atoms with Crippen molar-refractivity contribution in [1.82, 2.24) is 4.98 Å². The van der Waals surface area contributed by atoms with Crippen molar-refractivity contribution in [2.24, 2.45) is 5.73 Å². The summed E-state index contributed by atoms with van der Waals surface area (Å²) in [5.41, 5.74) is 6.32. The molecule has 0 bridgehead atoms. The summed E-state index contributed by atoms with van der Waals surface area (Å²) in [5, 5.41) is 1.99. The number of nitrogens with zero attached hydrogens (tertiary/aromatic N) is 1. The average molecular weight is 262 g/mol. The van der Waals surface area contributed by atoms with Crippen molar-refractivity contribution in [3.8, 4) is 0 Å². The molecule has 1 aromatic rings. The highest BCUT2D eigenvalue weighted by molar-refractivity contribution is 7.91. The second-order valence-corrected chi connectivity index (χ2v) is 7.89. The number of nitrogens with two attached hydrogens (primary N) is 1. The number of sulfone groups is 1. The second-order valence-electron chi connectivity index (χ2n) is 4.63. The summed E-state index contributed by atoms with van der Waals surface area (Å²) in [7, 11) is -3.08. The first kappa shape index (κ1) is 13.6. The van der Waals surface area contributed by atoms with E-state index in [1.54, 1.807) is 6.92 Å². The van der Waals surface area contributed by atoms with E-state index in [2.05, 4.69) is 4.98 Å². The highest BCUT2D eigenvalue weighted by atomic mass is 32.2. The van der Waals surface area contributed by atoms with Crippen LogP contribution in [0.5, 0.6) is 0 Å². The van der Waals surface area contributed by atoms with Gasteiger partial charge in [0.15, 0.2) is 9.84 Å². The molecule has 2 N–H and O–H groups in total. The van der Waals surface area contributed by atoms with Crippen molar-refractivity contribution in [1.29, 1.82) is 0 Å². The van der Waals surface area contributed by atoms with Gasteiger partial charge in [0, 0.05) is 23.6 Å². The lowest BCUT2D eigenvalue weighted by Crippen LogP contribution is -2.28. The average Bonchev–Trinajstić information content (AvgIpc) is 2.64. The number of thiazole rings is 1. The molecule has 1 heterocycles. The van der Waals surface area contributed by atoms with Gasteiger partial charge in [-0.05, 0) is 6.92 Å². The van der Waals surface area contributed by atoms with Gasteiger partial charge in [0.25, 0.3) is 0 Å². The highest BCUT2D eigenvalue weighted by Gasteiger charge is 2.26. The van der Waals surface area contributed by atoms with E-state index in [1.807, 2.05) is 19.2 Å². The molecule has 0 fully saturated rings. The van der Waals surface area contributed by atoms with E-state index < -0.39 is 15.1 Å². The summed E-state index contributed by atoms with van der Waals surface area (Å²) in [6.45, 7) is 6.14. The monoisotopic (exact) mass is 262 g/mol. The Morgan fingerprint density at radius 2 is 2.12 bits per heavy atom. The van der Waals surface area contributed by atoms with Crippen LogP contribution in [-0.2, 0) is 15.3 Å². The van der Waals surface area contributed by atoms with Crippen molar-refractivity contribution >= 4 is 21.2 Å². The van der Waals surface area contributed by atoms with Gasteiger partial charge < -0.3 is 5.73 Å². The number of aromatic nitrogens is 1. The van der Waals surface area contributed by atoms with Gasteiger partial charge >= 0.3 is 0 Å². The largest absolute Gasteiger partial charge is 0.330 e. The predicted octanol–water partition coefficient (Wildman–Crippen LogP) is 1.49. The van der Waals surface area contributed by atoms with Crippen molar-refractivity contribution in [3.05, 3.63) is 16.1 Å². The lowest BCUT2D eigenvalue weighted by atomic mass is 9.90. The fourth-order valence-corrected chi connectivity index (χ4v) is 3.13. The lowest BCUT2D eigenvalue weighted by Gasteiger charge is -2.19. The van der Waals surface area contributed by atoms with Gasteiger partial charge in [-0.25, -0.2) is 13.4 Å². The molecule has 1 unspecified atom stereocenters. The zero-order valence-corrected chi connectivity index (χ0v) is 11.7. The Labute approximate surface area is 101 Å². The van der Waals surface area contributed by atoms with E-state index in [9.17, 15) is 8.42 Å². The normalized spacial score (nSPS) is 15.1. The Morgan fingerprint density at radius 1 is 1.56 bits per heavy atom. The molecule has 4 nitrogen and oxygen atoms in total. The van der Waals surface area contributed by atoms with E-state index >= 15 is 0 Å². The van der Waals surface area contributed by atoms with Gasteiger partial charge in [-0.3, -0.25) is 0 Å². The Hall–Kier alpha value is -0.460. The summed E-state index contributed by atoms with van der Waals surface area (Å²) in [4.78, 5) is 4.38. The number of rotatable bonds is 4. The number of hydrogen-bond acceptors (Lipinski definition) is 5. The maximum absolute atomic E-state index is 11.4. The van der Waals surface area contributed by atoms with Crippen LogP contribution in [0.15, 0.2) is 5.38 Å². The first-order chi connectivity index (χ1) is 7.18. The van der Waals surface area contributed by atoms with Gasteiger partial charge in [-0.1, -0.05) is 13.8 Å². The summed E-state index contributed by atoms with van der Waals surface area (Å²) in [6.07, 6.45) is 1.23. The van der Waals surface area contributed by atoms with Crippen LogP contribution in [0, 0.1) is 0 Å². The van der Waals surface area contributed by atoms with Crippen molar-refractivity contribution < 1.29 is 8.42 Å². The maximum atomic E-state index is 11.4. The quantitative estimate of drug-likeness (QED) is 0.892. The summed E-state index contributed by atoms with van der Waals surface area (Å²) in [5.74, 6) is 0. The molecule has 0 radical (unpaired) electrons. The third-order valence-electron chi connectivity index (χ3n) is 2.72. The van der Waals surface area contributed by atoms with Crippen LogP contribution in [0.4, 0.5) is 0 Å². The molecule has 0 aromatic carbocycles. The van der Waals surface area contributed by atoms with Crippen LogP contribution in [-0.4, -0.2) is 26.2 Å². The Kier molecular flexibility index (Phi) is 3.76. The predicted molar refractivity (Wildman–Crippen MR) is 67.5 cm³/mol. The molecular formula is C10H18N2O2S2. The molecule has 1 rings (SSSR count). The second kappa shape index (κ2) is 4.43. The molecule has 0 aliphatic carbocycles. The summed E-state index contributed by atoms with van der Waals surface area (Å²) in [6, 6.07) is 0. The van der Waals surface area contributed by atoms with Crippen LogP contribution in [0.25, 0.3) is 0 Å². The summed E-state index contributed by atoms with van der Waals surface area (Å²) < 4.78 is 22.8. The topological polar surface area (TPSA) is 73.0 Å². The van der Waals surface area contributed by atoms with Crippen molar-refractivity contribution in [3.63, 3.8) is 0 Å². The van der Waals surface area contributed by atoms with E-state index in [0.29, 0.717) is 11.6 Å². The first-order valence-electron chi connectivity index (χ1n) is 5.03. The molecule has 0 spiro atoms. The SMILES string of the molecule is CC(c1nc(C(C)(C)CN)cs1)S(C)(=O)=O. The van der Waals surface area contributed by atoms with Crippen LogP contribution in [0.2, 0.25) is 0 Å². The zero-order valence-electron chi connectivity index (χ0n) is 10.0. The van der Waals surface area contributed by atoms with Crippen LogP contribution < -0.4 is 5.73 Å². The minimum absolute atomic E-state index is 0.202. The van der Waals surface area contributed by atoms with E-state index in [0.717, 1.165) is 5.69 Å². The third-order valence-corrected chi connectivity index (χ3v) is 5.40. The molecule has 1 atom stereocenters. The van der Waals surface area contributed by atoms with Gasteiger partial charge in [0.05, 0.1) is 5.69 Å². The fraction of sp³-hybridized carbons (Fsp3) is 0.700. The van der Waals surface area contributed by atoms with Crippen LogP contribution in [0.1, 0.15) is 36.7 Å². The van der Waals surface area contributed by atoms with Crippen molar-refractivity contribution in [2.45, 2.75) is 31.4 Å². The summed E-state index contributed by atoms with van der Waals surface area (Å²) >= 11 is 1.38. The van der Waals surface area contributed by atoms with E-state index in [-0.39, 0.29) is 5.41 Å². The highest BCUT2D eigenvalue weighted by Crippen LogP contribution is 2.29. The minimum Gasteiger partial charge on any atom is -0.330 e. The smallest absolute Gasteiger partial charge is 0.156 e.